The molecule has 1 aromatic carbocycles. The summed E-state index contributed by atoms with van der Waals surface area (Å²) in [7, 11) is -3.74. The Hall–Kier alpha value is -1.45. The summed E-state index contributed by atoms with van der Waals surface area (Å²) in [5.41, 5.74) is 3.83. The quantitative estimate of drug-likeness (QED) is 0.0759. The van der Waals surface area contributed by atoms with Gasteiger partial charge >= 0.3 is 0 Å². The molecule has 1 aliphatic heterocycles. The van der Waals surface area contributed by atoms with Crippen molar-refractivity contribution in [3.8, 4) is 0 Å². The smallest absolute Gasteiger partial charge is 0.200 e. The van der Waals surface area contributed by atoms with E-state index in [9.17, 15) is 0 Å². The predicted octanol–water partition coefficient (Wildman–Crippen LogP) is 11.5. The Bertz CT molecular complexity index is 998. The zero-order chi connectivity index (χ0) is 32.8. The summed E-state index contributed by atoms with van der Waals surface area (Å²) in [5.74, 6) is 1.09. The normalized spacial score (nSPS) is 19.9. The number of rotatable bonds is 21. The molecule has 0 bridgehead atoms. The van der Waals surface area contributed by atoms with Gasteiger partial charge in [0.05, 0.1) is 25.1 Å². The molecule has 1 aliphatic rings. The molecule has 250 valence electrons. The van der Waals surface area contributed by atoms with Crippen molar-refractivity contribution in [1.29, 1.82) is 0 Å². The van der Waals surface area contributed by atoms with Gasteiger partial charge in [0.1, 0.15) is 5.60 Å². The minimum Gasteiger partial charge on any atom is -0.488 e. The van der Waals surface area contributed by atoms with Crippen molar-refractivity contribution in [3.05, 3.63) is 72.0 Å². The van der Waals surface area contributed by atoms with Crippen LogP contribution in [0.25, 0.3) is 0 Å². The molecular weight excluding hydrogens is 577 g/mol. The third kappa shape index (κ3) is 10.5. The van der Waals surface area contributed by atoms with Crippen molar-refractivity contribution in [2.24, 2.45) is 0 Å². The van der Waals surface area contributed by atoms with Crippen LogP contribution in [-0.4, -0.2) is 41.6 Å². The molecule has 4 nitrogen and oxygen atoms in total. The van der Waals surface area contributed by atoms with E-state index < -0.39 is 22.2 Å². The number of hydrogen-bond acceptors (Lipinski definition) is 4. The van der Waals surface area contributed by atoms with Gasteiger partial charge in [-0.1, -0.05) is 105 Å². The SMILES string of the molecule is C=CCC1=C(CCCO[Si](C(C)C)(C(C)C)C(C)C)O[C@@](C)(/C=C/CCOCc2ccccc2)C[C@H]1O[Si](CC)(CC)CC. The van der Waals surface area contributed by atoms with Crippen molar-refractivity contribution >= 4 is 16.6 Å². The third-order valence-corrected chi connectivity index (χ3v) is 20.8. The first-order chi connectivity index (χ1) is 20.9. The van der Waals surface area contributed by atoms with Gasteiger partial charge in [0, 0.05) is 19.4 Å². The molecule has 0 fully saturated rings. The van der Waals surface area contributed by atoms with Gasteiger partial charge in [0.15, 0.2) is 16.6 Å². The molecule has 0 N–H and O–H groups in total. The number of hydrogen-bond donors (Lipinski definition) is 0. The molecule has 0 saturated carbocycles. The summed E-state index contributed by atoms with van der Waals surface area (Å²) in [4.78, 5) is 0. The zero-order valence-electron chi connectivity index (χ0n) is 30.0. The van der Waals surface area contributed by atoms with Crippen LogP contribution in [0.1, 0.15) is 107 Å². The van der Waals surface area contributed by atoms with Crippen LogP contribution in [-0.2, 0) is 24.9 Å². The summed E-state index contributed by atoms with van der Waals surface area (Å²) >= 11 is 0. The number of allylic oxidation sites excluding steroid dienone is 2. The van der Waals surface area contributed by atoms with E-state index in [0.29, 0.717) is 29.8 Å². The van der Waals surface area contributed by atoms with E-state index in [4.69, 9.17) is 18.3 Å². The molecule has 2 rings (SSSR count). The molecule has 0 unspecified atom stereocenters. The Balaban J connectivity index is 2.24. The first kappa shape index (κ1) is 38.7. The van der Waals surface area contributed by atoms with Gasteiger partial charge in [-0.25, -0.2) is 0 Å². The minimum atomic E-state index is -1.90. The van der Waals surface area contributed by atoms with Crippen LogP contribution in [0, 0.1) is 0 Å². The van der Waals surface area contributed by atoms with Crippen LogP contribution in [0.5, 0.6) is 0 Å². The highest BCUT2D eigenvalue weighted by atomic mass is 28.4. The van der Waals surface area contributed by atoms with E-state index in [1.54, 1.807) is 0 Å². The van der Waals surface area contributed by atoms with Gasteiger partial charge in [0.25, 0.3) is 0 Å². The highest BCUT2D eigenvalue weighted by molar-refractivity contribution is 6.77. The molecule has 0 saturated heterocycles. The van der Waals surface area contributed by atoms with Crippen molar-refractivity contribution in [2.45, 2.75) is 154 Å². The molecule has 44 heavy (non-hydrogen) atoms. The molecule has 0 spiro atoms. The first-order valence-corrected chi connectivity index (χ1v) is 22.2. The fourth-order valence-corrected chi connectivity index (χ4v) is 15.7. The molecule has 1 heterocycles. The Morgan fingerprint density at radius 3 is 2.11 bits per heavy atom. The second kappa shape index (κ2) is 18.6. The third-order valence-electron chi connectivity index (χ3n) is 10.0. The Labute approximate surface area is 273 Å². The fraction of sp³-hybridized carbons (Fsp3) is 0.684. The molecule has 0 aromatic heterocycles. The molecule has 0 radical (unpaired) electrons. The van der Waals surface area contributed by atoms with Crippen LogP contribution in [0.3, 0.4) is 0 Å². The first-order valence-electron chi connectivity index (χ1n) is 17.5. The van der Waals surface area contributed by atoms with Crippen molar-refractivity contribution < 1.29 is 18.3 Å². The van der Waals surface area contributed by atoms with E-state index >= 15 is 0 Å². The largest absolute Gasteiger partial charge is 0.488 e. The Morgan fingerprint density at radius 2 is 1.57 bits per heavy atom. The van der Waals surface area contributed by atoms with Gasteiger partial charge in [-0.05, 0) is 78.2 Å². The van der Waals surface area contributed by atoms with Gasteiger partial charge in [-0.3, -0.25) is 0 Å². The lowest BCUT2D eigenvalue weighted by Gasteiger charge is -2.44. The average Bonchev–Trinajstić information content (AvgIpc) is 2.99. The lowest BCUT2D eigenvalue weighted by Crippen LogP contribution is -2.48. The van der Waals surface area contributed by atoms with Crippen LogP contribution < -0.4 is 0 Å². The van der Waals surface area contributed by atoms with E-state index in [0.717, 1.165) is 62.6 Å². The monoisotopic (exact) mass is 642 g/mol. The average molecular weight is 643 g/mol. The molecule has 0 aliphatic carbocycles. The summed E-state index contributed by atoms with van der Waals surface area (Å²) < 4.78 is 27.0. The van der Waals surface area contributed by atoms with Crippen LogP contribution in [0.4, 0.5) is 0 Å². The maximum atomic E-state index is 7.24. The maximum Gasteiger partial charge on any atom is 0.200 e. The van der Waals surface area contributed by atoms with Crippen LogP contribution in [0.15, 0.2) is 66.5 Å². The molecule has 2 atom stereocenters. The molecule has 6 heteroatoms. The lowest BCUT2D eigenvalue weighted by molar-refractivity contribution is -0.00850. The van der Waals surface area contributed by atoms with Gasteiger partial charge < -0.3 is 18.3 Å². The second-order valence-electron chi connectivity index (χ2n) is 13.9. The predicted molar refractivity (Wildman–Crippen MR) is 194 cm³/mol. The molecular formula is C38H66O4Si2. The van der Waals surface area contributed by atoms with E-state index in [1.807, 2.05) is 12.1 Å². The topological polar surface area (TPSA) is 36.9 Å². The minimum absolute atomic E-state index is 0.0589. The van der Waals surface area contributed by atoms with Gasteiger partial charge in [-0.2, -0.15) is 0 Å². The summed E-state index contributed by atoms with van der Waals surface area (Å²) in [6, 6.07) is 13.8. The number of ether oxygens (including phenoxy) is 2. The Kier molecular flexibility index (Phi) is 16.4. The summed E-state index contributed by atoms with van der Waals surface area (Å²) in [5, 5.41) is 0. The van der Waals surface area contributed by atoms with Crippen LogP contribution >= 0.6 is 0 Å². The highest BCUT2D eigenvalue weighted by Gasteiger charge is 2.45. The van der Waals surface area contributed by atoms with Crippen molar-refractivity contribution in [2.75, 3.05) is 13.2 Å². The molecule has 0 amide bonds. The molecule has 1 aromatic rings. The van der Waals surface area contributed by atoms with Crippen molar-refractivity contribution in [1.82, 2.24) is 0 Å². The van der Waals surface area contributed by atoms with E-state index in [2.05, 4.69) is 112 Å². The maximum absolute atomic E-state index is 7.24. The van der Waals surface area contributed by atoms with Gasteiger partial charge in [0.2, 0.25) is 0 Å². The van der Waals surface area contributed by atoms with Crippen LogP contribution in [0.2, 0.25) is 34.8 Å². The Morgan fingerprint density at radius 1 is 0.955 bits per heavy atom. The second-order valence-corrected chi connectivity index (χ2v) is 24.1. The zero-order valence-corrected chi connectivity index (χ0v) is 32.0. The van der Waals surface area contributed by atoms with E-state index in [-0.39, 0.29) is 6.10 Å². The van der Waals surface area contributed by atoms with Gasteiger partial charge in [-0.15, -0.1) is 6.58 Å². The summed E-state index contributed by atoms with van der Waals surface area (Å²) in [6.45, 7) is 29.6. The fourth-order valence-electron chi connectivity index (χ4n) is 7.42. The van der Waals surface area contributed by atoms with Crippen molar-refractivity contribution in [3.63, 3.8) is 0 Å². The highest BCUT2D eigenvalue weighted by Crippen LogP contribution is 2.43. The number of benzene rings is 1. The standard InChI is InChI=1S/C38H66O4Si2/c1-12-22-35-36(25-21-28-40-44(31(5)6,32(7)8)33(9)10)41-38(11,29-37(35)42-43(13-2,14-3)15-4)26-19-20-27-39-30-34-23-17-16-18-24-34/h12,16-19,23-24,26,31-33,37H,1,13-15,20-22,25,27-30H2,2-11H3/b26-19+/t37-,38+/m1/s1. The van der Waals surface area contributed by atoms with E-state index in [1.165, 1.54) is 11.1 Å². The summed E-state index contributed by atoms with van der Waals surface area (Å²) in [6.07, 6.45) is 10.9. The lowest BCUT2D eigenvalue weighted by atomic mass is 9.87.